The molecule has 17 nitrogen and oxygen atoms in total. The Hall–Kier alpha value is -5.63. The average molecular weight is 1270 g/mol. The van der Waals surface area contributed by atoms with Gasteiger partial charge in [0.05, 0.1) is 39.4 Å². The van der Waals surface area contributed by atoms with Crippen molar-refractivity contribution in [3.8, 4) is 22.4 Å². The van der Waals surface area contributed by atoms with Crippen LogP contribution in [0.3, 0.4) is 0 Å². The highest BCUT2D eigenvalue weighted by molar-refractivity contribution is 7.99. The van der Waals surface area contributed by atoms with Crippen LogP contribution in [0.4, 0.5) is 40.3 Å². The number of aromatic nitrogens is 1. The van der Waals surface area contributed by atoms with Crippen LogP contribution >= 0.6 is 31.0 Å². The highest BCUT2D eigenvalue weighted by Crippen LogP contribution is 2.45. The number of piperazine rings is 1. The second kappa shape index (κ2) is 25.1. The number of benzene rings is 5. The summed E-state index contributed by atoms with van der Waals surface area (Å²) in [5, 5.41) is 3.45. The molecule has 0 radical (unpaired) electrons. The summed E-state index contributed by atoms with van der Waals surface area (Å²) in [6, 6.07) is 28.4. The molecule has 5 aromatic carbocycles. The van der Waals surface area contributed by atoms with Gasteiger partial charge in [-0.1, -0.05) is 41.9 Å². The first-order chi connectivity index (χ1) is 38.8. The molecule has 27 heteroatoms. The Balaban J connectivity index is 0.960. The van der Waals surface area contributed by atoms with Crippen molar-refractivity contribution in [3.05, 3.63) is 132 Å². The summed E-state index contributed by atoms with van der Waals surface area (Å²) < 4.78 is 161. The van der Waals surface area contributed by atoms with Crippen LogP contribution in [-0.2, 0) is 43.8 Å². The highest BCUT2D eigenvalue weighted by atomic mass is 35.5. The fraction of sp³-hybridized carbons (Fsp3) is 0.375. The Bertz CT molecular complexity index is 3730. The standard InChI is InChI=1S/C56H64ClF4N6O11PS4/c1-37(2)67-38(3)53(81(5,72)73)51(52(67)39-12-14-41(57)15-13-39)40-30-42(58)32-46(31-40)66-26-24-65(25-27-66)45-18-16-43(17-19-45)63-83(76,77)48-20-21-49(50(33-48)82(74,75)56(59,60)61)62-44(34-80-47-10-7-6-8-11-47)22-23-64-35-55(4,36-64)54(68)78-28-9-29-79(69,70)71/h6-8,10-21,30-33,37,44,62-63H,9,22-29,34-36H2,1-5H3,(H2,69,70,71). The van der Waals surface area contributed by atoms with Gasteiger partial charge in [0, 0.05) is 108 Å². The molecule has 2 fully saturated rings. The molecular formula is C56H64ClF4N6O11PS4. The number of nitrogens with one attached hydrogen (secondary N) is 2. The predicted molar refractivity (Wildman–Crippen MR) is 316 cm³/mol. The van der Waals surface area contributed by atoms with Crippen molar-refractivity contribution in [2.45, 2.75) is 77.7 Å². The number of rotatable bonds is 23. The topological polar surface area (TPSA) is 225 Å². The van der Waals surface area contributed by atoms with E-state index in [-0.39, 0.29) is 54.9 Å². The van der Waals surface area contributed by atoms with Gasteiger partial charge in [-0.2, -0.15) is 13.2 Å². The number of nitrogens with zero attached hydrogens (tertiary/aromatic N) is 4. The van der Waals surface area contributed by atoms with Crippen molar-refractivity contribution in [2.75, 3.05) is 90.4 Å². The van der Waals surface area contributed by atoms with Crippen LogP contribution in [0.5, 0.6) is 0 Å². The lowest BCUT2D eigenvalue weighted by Crippen LogP contribution is -2.59. The molecule has 8 rings (SSSR count). The Morgan fingerprint density at radius 3 is 2.06 bits per heavy atom. The van der Waals surface area contributed by atoms with Gasteiger partial charge in [-0.25, -0.2) is 29.6 Å². The number of anilines is 4. The zero-order chi connectivity index (χ0) is 60.5. The van der Waals surface area contributed by atoms with Gasteiger partial charge in [0.1, 0.15) is 10.7 Å². The smallest absolute Gasteiger partial charge is 0.465 e. The first kappa shape index (κ1) is 63.4. The normalized spacial score (nSPS) is 15.7. The van der Waals surface area contributed by atoms with E-state index in [1.54, 1.807) is 68.4 Å². The first-order valence-corrected chi connectivity index (χ1v) is 34.3. The molecule has 6 aromatic rings. The molecule has 0 amide bonds. The van der Waals surface area contributed by atoms with Crippen LogP contribution in [0.15, 0.2) is 135 Å². The van der Waals surface area contributed by atoms with Gasteiger partial charge in [0.25, 0.3) is 19.9 Å². The maximum Gasteiger partial charge on any atom is 0.501 e. The monoisotopic (exact) mass is 1270 g/mol. The maximum absolute atomic E-state index is 15.8. The zero-order valence-electron chi connectivity index (χ0n) is 45.9. The summed E-state index contributed by atoms with van der Waals surface area (Å²) in [4.78, 5) is 35.8. The van der Waals surface area contributed by atoms with Crippen molar-refractivity contribution in [1.82, 2.24) is 9.47 Å². The van der Waals surface area contributed by atoms with Crippen molar-refractivity contribution < 1.29 is 66.7 Å². The molecule has 2 saturated heterocycles. The Morgan fingerprint density at radius 1 is 0.843 bits per heavy atom. The molecule has 0 aliphatic carbocycles. The molecule has 0 saturated carbocycles. The van der Waals surface area contributed by atoms with E-state index in [2.05, 4.69) is 10.0 Å². The quantitative estimate of drug-likeness (QED) is 0.0154. The number of alkyl halides is 3. The van der Waals surface area contributed by atoms with E-state index in [1.165, 1.54) is 36.0 Å². The van der Waals surface area contributed by atoms with E-state index in [0.717, 1.165) is 23.3 Å². The Kier molecular flexibility index (Phi) is 19.2. The van der Waals surface area contributed by atoms with Gasteiger partial charge in [-0.15, -0.1) is 11.8 Å². The third kappa shape index (κ3) is 15.1. The van der Waals surface area contributed by atoms with E-state index >= 15 is 4.39 Å². The molecule has 448 valence electrons. The van der Waals surface area contributed by atoms with Crippen molar-refractivity contribution in [1.29, 1.82) is 0 Å². The fourth-order valence-corrected chi connectivity index (χ4v) is 15.5. The lowest BCUT2D eigenvalue weighted by atomic mass is 9.82. The fourth-order valence-electron chi connectivity index (χ4n) is 10.5. The molecule has 83 heavy (non-hydrogen) atoms. The number of ether oxygens (including phenoxy) is 1. The van der Waals surface area contributed by atoms with Gasteiger partial charge in [-0.05, 0) is 137 Å². The summed E-state index contributed by atoms with van der Waals surface area (Å²) in [7, 11) is -18.9. The van der Waals surface area contributed by atoms with Gasteiger partial charge < -0.3 is 39.1 Å². The van der Waals surface area contributed by atoms with Gasteiger partial charge >= 0.3 is 19.1 Å². The molecule has 1 atom stereocenters. The van der Waals surface area contributed by atoms with E-state index in [4.69, 9.17) is 26.1 Å². The zero-order valence-corrected chi connectivity index (χ0v) is 50.9. The van der Waals surface area contributed by atoms with E-state index < -0.39 is 87.7 Å². The highest BCUT2D eigenvalue weighted by Gasteiger charge is 2.49. The molecule has 1 unspecified atom stereocenters. The Labute approximate surface area is 490 Å². The van der Waals surface area contributed by atoms with Gasteiger partial charge in [0.2, 0.25) is 0 Å². The number of thioether (sulfide) groups is 1. The van der Waals surface area contributed by atoms with Crippen molar-refractivity contribution in [3.63, 3.8) is 0 Å². The molecule has 0 spiro atoms. The van der Waals surface area contributed by atoms with E-state index in [1.807, 2.05) is 51.3 Å². The minimum absolute atomic E-state index is 0.0242. The van der Waals surface area contributed by atoms with Crippen LogP contribution in [0.1, 0.15) is 45.3 Å². The van der Waals surface area contributed by atoms with E-state index in [9.17, 15) is 47.8 Å². The second-order valence-corrected chi connectivity index (χ2v) is 30.1. The SMILES string of the molecule is Cc1c(S(C)(=O)=O)c(-c2cc(F)cc(N3CCN(c4ccc(NS(=O)(=O)c5ccc(NC(CCN6CC(C)(C(=O)OCCCP(=O)(O)O)C6)CSc6ccccc6)c(S(=O)(=O)C(F)(F)F)c5)cc4)CC3)c2)c(-c2ccc(Cl)cc2)n1C(C)C. The third-order valence-corrected chi connectivity index (χ3v) is 20.8. The number of sulfone groups is 2. The van der Waals surface area contributed by atoms with Crippen molar-refractivity contribution >= 4 is 89.4 Å². The number of carbonyl (C=O) groups excluding carboxylic acids is 1. The number of esters is 1. The molecule has 2 aliphatic heterocycles. The van der Waals surface area contributed by atoms with E-state index in [0.29, 0.717) is 83.3 Å². The molecule has 0 bridgehead atoms. The lowest BCUT2D eigenvalue weighted by molar-refractivity contribution is -0.165. The van der Waals surface area contributed by atoms with Crippen LogP contribution in [-0.4, -0.2) is 133 Å². The molecule has 3 heterocycles. The largest absolute Gasteiger partial charge is 0.501 e. The van der Waals surface area contributed by atoms with Gasteiger partial charge in [0.15, 0.2) is 9.84 Å². The molecular weight excluding hydrogens is 1200 g/mol. The summed E-state index contributed by atoms with van der Waals surface area (Å²) >= 11 is 7.60. The first-order valence-electron chi connectivity index (χ1n) is 26.3. The number of likely N-dealkylation sites (tertiary alicyclic amines) is 1. The van der Waals surface area contributed by atoms with Crippen LogP contribution in [0.2, 0.25) is 5.02 Å². The summed E-state index contributed by atoms with van der Waals surface area (Å²) in [5.74, 6) is -0.876. The number of carbonyl (C=O) groups is 1. The number of hydrogen-bond acceptors (Lipinski definition) is 14. The lowest BCUT2D eigenvalue weighted by Gasteiger charge is -2.46. The molecule has 2 aliphatic rings. The van der Waals surface area contributed by atoms with Gasteiger partial charge in [-0.3, -0.25) is 14.1 Å². The minimum atomic E-state index is -6.15. The predicted octanol–water partition coefficient (Wildman–Crippen LogP) is 10.7. The summed E-state index contributed by atoms with van der Waals surface area (Å²) in [5.41, 5.74) is -3.38. The maximum atomic E-state index is 15.8. The number of sulfonamides is 1. The van der Waals surface area contributed by atoms with Crippen LogP contribution in [0.25, 0.3) is 22.4 Å². The second-order valence-electron chi connectivity index (χ2n) is 21.2. The molecule has 1 aromatic heterocycles. The minimum Gasteiger partial charge on any atom is -0.465 e. The summed E-state index contributed by atoms with van der Waals surface area (Å²) in [6.07, 6.45) is 0.922. The summed E-state index contributed by atoms with van der Waals surface area (Å²) in [6.45, 7) is 9.64. The van der Waals surface area contributed by atoms with Crippen molar-refractivity contribution in [2.24, 2.45) is 5.41 Å². The number of hydrogen-bond donors (Lipinski definition) is 4. The number of halogens is 5. The third-order valence-electron chi connectivity index (χ3n) is 14.4. The molecule has 4 N–H and O–H groups in total. The van der Waals surface area contributed by atoms with Crippen LogP contribution in [0, 0.1) is 18.2 Å². The average Bonchev–Trinajstić information content (AvgIpc) is 3.96. The van der Waals surface area contributed by atoms with Crippen LogP contribution < -0.4 is 19.8 Å². The Morgan fingerprint density at radius 2 is 1.47 bits per heavy atom.